The van der Waals surface area contributed by atoms with Crippen LogP contribution in [0.5, 0.6) is 0 Å². The van der Waals surface area contributed by atoms with E-state index in [1.165, 1.54) is 6.07 Å². The number of aromatic nitrogens is 2. The van der Waals surface area contributed by atoms with Crippen molar-refractivity contribution in [2.45, 2.75) is 25.7 Å². The van der Waals surface area contributed by atoms with Crippen molar-refractivity contribution in [2.75, 3.05) is 5.73 Å². The molecule has 0 aliphatic heterocycles. The van der Waals surface area contributed by atoms with Crippen LogP contribution in [0.1, 0.15) is 39.6 Å². The van der Waals surface area contributed by atoms with E-state index in [4.69, 9.17) is 5.73 Å². The Balaban J connectivity index is 1.82. The van der Waals surface area contributed by atoms with Gasteiger partial charge in [-0.2, -0.15) is 0 Å². The van der Waals surface area contributed by atoms with Crippen LogP contribution in [-0.2, 0) is 6.42 Å². The number of nitrogens with two attached hydrogens (primary N) is 1. The number of hydrogen-bond donors (Lipinski definition) is 1. The molecule has 1 atom stereocenters. The second-order valence-corrected chi connectivity index (χ2v) is 6.71. The topological polar surface area (TPSA) is 68.9 Å². The maximum atomic E-state index is 14.4. The molecular weight excluding hydrogens is 348 g/mol. The van der Waals surface area contributed by atoms with E-state index in [1.54, 1.807) is 25.1 Å². The Hall–Kier alpha value is -3.15. The van der Waals surface area contributed by atoms with Crippen molar-refractivity contribution in [1.82, 2.24) is 9.97 Å². The number of carbonyl (C=O) groups is 1. The van der Waals surface area contributed by atoms with Crippen LogP contribution in [0.4, 0.5) is 14.7 Å². The molecule has 136 valence electrons. The molecule has 4 nitrogen and oxygen atoms in total. The summed E-state index contributed by atoms with van der Waals surface area (Å²) in [5.74, 6) is -1.92. The molecule has 0 saturated carbocycles. The molecule has 0 radical (unpaired) electrons. The van der Waals surface area contributed by atoms with Gasteiger partial charge in [0.15, 0.2) is 17.4 Å². The zero-order valence-electron chi connectivity index (χ0n) is 14.7. The largest absolute Gasteiger partial charge is 0.368 e. The summed E-state index contributed by atoms with van der Waals surface area (Å²) in [6.45, 7) is 1.74. The van der Waals surface area contributed by atoms with E-state index in [1.807, 2.05) is 12.1 Å². The predicted octanol–water partition coefficient (Wildman–Crippen LogP) is 4.23. The molecule has 2 N–H and O–H groups in total. The Kier molecular flexibility index (Phi) is 4.18. The second-order valence-electron chi connectivity index (χ2n) is 6.71. The van der Waals surface area contributed by atoms with Gasteiger partial charge in [-0.05, 0) is 36.5 Å². The van der Waals surface area contributed by atoms with Crippen molar-refractivity contribution in [3.8, 4) is 11.1 Å². The normalized spacial score (nSPS) is 16.3. The Labute approximate surface area is 155 Å². The minimum atomic E-state index is -0.900. The lowest BCUT2D eigenvalue weighted by molar-refractivity contribution is 0.0962. The average Bonchev–Trinajstić information content (AvgIpc) is 2.63. The van der Waals surface area contributed by atoms with Gasteiger partial charge in [-0.3, -0.25) is 4.79 Å². The molecule has 1 aliphatic rings. The fraction of sp³-hybridized carbons (Fsp3) is 0.190. The SMILES string of the molecule is Cc1nc(N)nc2c1C(=O)CC(c1ccccc1-c1cccc(F)c1F)C2. The molecule has 1 heterocycles. The molecule has 2 aromatic carbocycles. The number of hydrogen-bond acceptors (Lipinski definition) is 4. The predicted molar refractivity (Wildman–Crippen MR) is 98.4 cm³/mol. The molecular formula is C21H17F2N3O. The zero-order chi connectivity index (χ0) is 19.1. The van der Waals surface area contributed by atoms with E-state index >= 15 is 0 Å². The van der Waals surface area contributed by atoms with Gasteiger partial charge in [-0.15, -0.1) is 0 Å². The lowest BCUT2D eigenvalue weighted by atomic mass is 9.78. The number of Topliss-reactive ketones (excluding diaryl/α,β-unsaturated/α-hetero) is 1. The highest BCUT2D eigenvalue weighted by Gasteiger charge is 2.31. The number of carbonyl (C=O) groups excluding carboxylic acids is 1. The highest BCUT2D eigenvalue weighted by Crippen LogP contribution is 2.38. The van der Waals surface area contributed by atoms with Crippen LogP contribution < -0.4 is 5.73 Å². The van der Waals surface area contributed by atoms with Crippen LogP contribution in [0, 0.1) is 18.6 Å². The molecule has 0 bridgehead atoms. The summed E-state index contributed by atoms with van der Waals surface area (Å²) in [7, 11) is 0. The summed E-state index contributed by atoms with van der Waals surface area (Å²) < 4.78 is 28.1. The Bertz CT molecular complexity index is 1070. The summed E-state index contributed by atoms with van der Waals surface area (Å²) in [6.07, 6.45) is 0.748. The summed E-state index contributed by atoms with van der Waals surface area (Å²) in [4.78, 5) is 21.0. The van der Waals surface area contributed by atoms with Gasteiger partial charge >= 0.3 is 0 Å². The van der Waals surface area contributed by atoms with E-state index in [-0.39, 0.29) is 29.6 Å². The van der Waals surface area contributed by atoms with Crippen LogP contribution in [-0.4, -0.2) is 15.8 Å². The average molecular weight is 365 g/mol. The van der Waals surface area contributed by atoms with Crippen molar-refractivity contribution < 1.29 is 13.6 Å². The van der Waals surface area contributed by atoms with Gasteiger partial charge in [0, 0.05) is 12.0 Å². The molecule has 4 rings (SSSR count). The van der Waals surface area contributed by atoms with Gasteiger partial charge in [0.2, 0.25) is 5.95 Å². The maximum absolute atomic E-state index is 14.4. The van der Waals surface area contributed by atoms with Crippen LogP contribution in [0.15, 0.2) is 42.5 Å². The quantitative estimate of drug-likeness (QED) is 0.738. The number of fused-ring (bicyclic) bond motifs is 1. The van der Waals surface area contributed by atoms with Crippen molar-refractivity contribution in [2.24, 2.45) is 0 Å². The number of benzene rings is 2. The molecule has 6 heteroatoms. The first-order chi connectivity index (χ1) is 13.0. The fourth-order valence-corrected chi connectivity index (χ4v) is 3.83. The summed E-state index contributed by atoms with van der Waals surface area (Å²) in [5, 5.41) is 0. The van der Waals surface area contributed by atoms with Crippen molar-refractivity contribution in [1.29, 1.82) is 0 Å². The number of aryl methyl sites for hydroxylation is 1. The second kappa shape index (κ2) is 6.54. The van der Waals surface area contributed by atoms with Gasteiger partial charge in [-0.1, -0.05) is 36.4 Å². The van der Waals surface area contributed by atoms with Crippen LogP contribution >= 0.6 is 0 Å². The minimum absolute atomic E-state index is 0.0618. The first-order valence-corrected chi connectivity index (χ1v) is 8.65. The highest BCUT2D eigenvalue weighted by atomic mass is 19.2. The van der Waals surface area contributed by atoms with E-state index in [9.17, 15) is 13.6 Å². The number of rotatable bonds is 2. The van der Waals surface area contributed by atoms with Gasteiger partial charge < -0.3 is 5.73 Å². The van der Waals surface area contributed by atoms with Crippen LogP contribution in [0.2, 0.25) is 0 Å². The fourth-order valence-electron chi connectivity index (χ4n) is 3.83. The highest BCUT2D eigenvalue weighted by molar-refractivity contribution is 6.00. The van der Waals surface area contributed by atoms with Crippen LogP contribution in [0.25, 0.3) is 11.1 Å². The minimum Gasteiger partial charge on any atom is -0.368 e. The van der Waals surface area contributed by atoms with E-state index in [2.05, 4.69) is 9.97 Å². The maximum Gasteiger partial charge on any atom is 0.220 e. The first kappa shape index (κ1) is 17.3. The van der Waals surface area contributed by atoms with Crippen LogP contribution in [0.3, 0.4) is 0 Å². The monoisotopic (exact) mass is 365 g/mol. The lowest BCUT2D eigenvalue weighted by Crippen LogP contribution is -2.23. The van der Waals surface area contributed by atoms with E-state index < -0.39 is 11.6 Å². The van der Waals surface area contributed by atoms with Gasteiger partial charge in [0.1, 0.15) is 0 Å². The summed E-state index contributed by atoms with van der Waals surface area (Å²) in [5.41, 5.74) is 9.00. The number of halogens is 2. The lowest BCUT2D eigenvalue weighted by Gasteiger charge is -2.26. The molecule has 0 amide bonds. The molecule has 1 aromatic heterocycles. The summed E-state index contributed by atoms with van der Waals surface area (Å²) in [6, 6.07) is 11.3. The molecule has 0 fully saturated rings. The third kappa shape index (κ3) is 2.97. The molecule has 27 heavy (non-hydrogen) atoms. The molecule has 1 aliphatic carbocycles. The Morgan fingerprint density at radius 3 is 2.56 bits per heavy atom. The molecule has 0 saturated heterocycles. The van der Waals surface area contributed by atoms with E-state index in [0.29, 0.717) is 28.9 Å². The first-order valence-electron chi connectivity index (χ1n) is 8.65. The number of ketones is 1. The number of nitrogen functional groups attached to an aromatic ring is 1. The molecule has 1 unspecified atom stereocenters. The number of nitrogens with zero attached hydrogens (tertiary/aromatic N) is 2. The number of anilines is 1. The van der Waals surface area contributed by atoms with Gasteiger partial charge in [0.05, 0.1) is 17.0 Å². The summed E-state index contributed by atoms with van der Waals surface area (Å²) >= 11 is 0. The van der Waals surface area contributed by atoms with Crippen molar-refractivity contribution in [3.05, 3.63) is 76.6 Å². The standard InChI is InChI=1S/C21H17F2N3O/c1-11-19-17(26-21(24)25-11)9-12(10-18(19)27)13-5-2-3-6-14(13)15-7-4-8-16(22)20(15)23/h2-8,12H,9-10H2,1H3,(H2,24,25,26). The van der Waals surface area contributed by atoms with E-state index in [0.717, 1.165) is 11.6 Å². The molecule has 0 spiro atoms. The third-order valence-corrected chi connectivity index (χ3v) is 4.97. The third-order valence-electron chi connectivity index (χ3n) is 4.97. The van der Waals surface area contributed by atoms with Gasteiger partial charge in [-0.25, -0.2) is 18.7 Å². The Morgan fingerprint density at radius 1 is 1.00 bits per heavy atom. The Morgan fingerprint density at radius 2 is 1.74 bits per heavy atom. The zero-order valence-corrected chi connectivity index (χ0v) is 14.7. The van der Waals surface area contributed by atoms with Crippen molar-refractivity contribution in [3.63, 3.8) is 0 Å². The molecule has 3 aromatic rings. The van der Waals surface area contributed by atoms with Crippen molar-refractivity contribution >= 4 is 11.7 Å². The van der Waals surface area contributed by atoms with Gasteiger partial charge in [0.25, 0.3) is 0 Å². The smallest absolute Gasteiger partial charge is 0.220 e.